The molecule has 0 aliphatic carbocycles. The number of hydrogen-bond acceptors (Lipinski definition) is 7. The van der Waals surface area contributed by atoms with E-state index in [2.05, 4.69) is 14.9 Å². The van der Waals surface area contributed by atoms with Gasteiger partial charge in [-0.25, -0.2) is 4.79 Å². The fourth-order valence-corrected chi connectivity index (χ4v) is 2.33. The van der Waals surface area contributed by atoms with E-state index in [1.165, 1.54) is 7.11 Å². The van der Waals surface area contributed by atoms with Crippen LogP contribution in [-0.2, 0) is 16.0 Å². The largest absolute Gasteiger partial charge is 0.497 e. The third-order valence-corrected chi connectivity index (χ3v) is 3.51. The number of carbonyl (C=O) groups excluding carboxylic acids is 2. The zero-order chi connectivity index (χ0) is 15.9. The fraction of sp³-hybridized carbons (Fsp3) is 0.286. The third kappa shape index (κ3) is 4.01. The molecular weight excluding hydrogens is 306 g/mol. The molecule has 1 heterocycles. The summed E-state index contributed by atoms with van der Waals surface area (Å²) in [5.41, 5.74) is 1.14. The van der Waals surface area contributed by atoms with Crippen molar-refractivity contribution in [1.82, 2.24) is 9.59 Å². The zero-order valence-electron chi connectivity index (χ0n) is 12.2. The molecule has 0 bridgehead atoms. The molecule has 7 nitrogen and oxygen atoms in total. The standard InChI is InChI=1S/C14H15N3O4S/c1-3-11-13(22-17-16-11)14(19)21-8-12(18)15-9-5-4-6-10(7-9)20-2/h4-7H,3,8H2,1-2H3,(H,15,18). The summed E-state index contributed by atoms with van der Waals surface area (Å²) < 4.78 is 13.7. The van der Waals surface area contributed by atoms with Crippen molar-refractivity contribution in [3.8, 4) is 5.75 Å². The molecule has 0 unspecified atom stereocenters. The molecule has 0 saturated heterocycles. The Morgan fingerprint density at radius 2 is 2.18 bits per heavy atom. The molecule has 1 amide bonds. The van der Waals surface area contributed by atoms with Crippen molar-refractivity contribution < 1.29 is 19.1 Å². The molecule has 0 fully saturated rings. The van der Waals surface area contributed by atoms with E-state index in [9.17, 15) is 9.59 Å². The Bertz CT molecular complexity index is 672. The lowest BCUT2D eigenvalue weighted by atomic mass is 10.3. The van der Waals surface area contributed by atoms with Gasteiger partial charge in [-0.3, -0.25) is 4.79 Å². The van der Waals surface area contributed by atoms with Gasteiger partial charge in [-0.1, -0.05) is 17.5 Å². The predicted molar refractivity (Wildman–Crippen MR) is 81.2 cm³/mol. The van der Waals surface area contributed by atoms with Crippen LogP contribution in [0.15, 0.2) is 24.3 Å². The van der Waals surface area contributed by atoms with Crippen molar-refractivity contribution in [2.45, 2.75) is 13.3 Å². The SMILES string of the molecule is CCc1nnsc1C(=O)OCC(=O)Nc1cccc(OC)c1. The molecule has 116 valence electrons. The Labute approximate surface area is 131 Å². The first-order valence-corrected chi connectivity index (χ1v) is 7.33. The number of amides is 1. The molecule has 2 rings (SSSR count). The number of hydrogen-bond donors (Lipinski definition) is 1. The lowest BCUT2D eigenvalue weighted by molar-refractivity contribution is -0.119. The van der Waals surface area contributed by atoms with Gasteiger partial charge in [-0.15, -0.1) is 5.10 Å². The van der Waals surface area contributed by atoms with Gasteiger partial charge < -0.3 is 14.8 Å². The van der Waals surface area contributed by atoms with Crippen LogP contribution in [0.4, 0.5) is 5.69 Å². The van der Waals surface area contributed by atoms with Crippen molar-refractivity contribution in [1.29, 1.82) is 0 Å². The van der Waals surface area contributed by atoms with Gasteiger partial charge in [-0.05, 0) is 30.1 Å². The van der Waals surface area contributed by atoms with E-state index in [1.807, 2.05) is 6.92 Å². The predicted octanol–water partition coefficient (Wildman–Crippen LogP) is 1.90. The lowest BCUT2D eigenvalue weighted by Gasteiger charge is -2.07. The van der Waals surface area contributed by atoms with E-state index in [0.717, 1.165) is 11.5 Å². The Kier molecular flexibility index (Phi) is 5.42. The van der Waals surface area contributed by atoms with Crippen LogP contribution >= 0.6 is 11.5 Å². The Balaban J connectivity index is 1.88. The van der Waals surface area contributed by atoms with Crippen LogP contribution in [0.1, 0.15) is 22.3 Å². The van der Waals surface area contributed by atoms with Gasteiger partial charge in [0.25, 0.3) is 5.91 Å². The summed E-state index contributed by atoms with van der Waals surface area (Å²) in [5, 5.41) is 6.44. The van der Waals surface area contributed by atoms with Crippen LogP contribution in [0.25, 0.3) is 0 Å². The zero-order valence-corrected chi connectivity index (χ0v) is 13.0. The maximum atomic E-state index is 11.9. The minimum Gasteiger partial charge on any atom is -0.497 e. The quantitative estimate of drug-likeness (QED) is 0.817. The number of benzene rings is 1. The highest BCUT2D eigenvalue weighted by atomic mass is 32.1. The molecule has 0 spiro atoms. The van der Waals surface area contributed by atoms with E-state index in [-0.39, 0.29) is 6.61 Å². The van der Waals surface area contributed by atoms with Gasteiger partial charge in [0.05, 0.1) is 12.8 Å². The molecular formula is C14H15N3O4S. The van der Waals surface area contributed by atoms with Crippen LogP contribution < -0.4 is 10.1 Å². The van der Waals surface area contributed by atoms with Crippen molar-refractivity contribution in [3.05, 3.63) is 34.8 Å². The normalized spacial score (nSPS) is 10.1. The molecule has 2 aromatic rings. The minimum atomic E-state index is -0.590. The summed E-state index contributed by atoms with van der Waals surface area (Å²) >= 11 is 0.959. The number of esters is 1. The van der Waals surface area contributed by atoms with E-state index >= 15 is 0 Å². The minimum absolute atomic E-state index is 0.330. The smallest absolute Gasteiger partial charge is 0.352 e. The van der Waals surface area contributed by atoms with E-state index in [1.54, 1.807) is 24.3 Å². The average Bonchev–Trinajstić information content (AvgIpc) is 3.01. The number of nitrogens with one attached hydrogen (secondary N) is 1. The topological polar surface area (TPSA) is 90.4 Å². The lowest BCUT2D eigenvalue weighted by Crippen LogP contribution is -2.21. The van der Waals surface area contributed by atoms with Crippen LogP contribution in [0.3, 0.4) is 0 Å². The number of rotatable bonds is 6. The molecule has 0 aliphatic rings. The molecule has 0 radical (unpaired) electrons. The maximum Gasteiger partial charge on any atom is 0.352 e. The Hall–Kier alpha value is -2.48. The summed E-state index contributed by atoms with van der Waals surface area (Å²) in [4.78, 5) is 24.0. The average molecular weight is 321 g/mol. The second-order valence-corrected chi connectivity index (χ2v) is 5.01. The highest BCUT2D eigenvalue weighted by Crippen LogP contribution is 2.17. The van der Waals surface area contributed by atoms with Crippen LogP contribution in [-0.4, -0.2) is 35.2 Å². The Morgan fingerprint density at radius 1 is 1.36 bits per heavy atom. The number of aromatic nitrogens is 2. The molecule has 0 aliphatic heterocycles. The van der Waals surface area contributed by atoms with Gasteiger partial charge in [0, 0.05) is 11.8 Å². The number of methoxy groups -OCH3 is 1. The maximum absolute atomic E-state index is 11.9. The molecule has 1 aromatic heterocycles. The number of ether oxygens (including phenoxy) is 2. The molecule has 1 aromatic carbocycles. The van der Waals surface area contributed by atoms with Crippen molar-refractivity contribution in [3.63, 3.8) is 0 Å². The van der Waals surface area contributed by atoms with E-state index in [4.69, 9.17) is 9.47 Å². The number of anilines is 1. The summed E-state index contributed by atoms with van der Waals surface area (Å²) in [5.74, 6) is -0.400. The van der Waals surface area contributed by atoms with E-state index in [0.29, 0.717) is 28.4 Å². The van der Waals surface area contributed by atoms with Crippen LogP contribution in [0.5, 0.6) is 5.75 Å². The third-order valence-electron chi connectivity index (χ3n) is 2.76. The first kappa shape index (κ1) is 15.9. The molecule has 8 heteroatoms. The summed E-state index contributed by atoms with van der Waals surface area (Å²) in [6, 6.07) is 6.89. The summed E-state index contributed by atoms with van der Waals surface area (Å²) in [7, 11) is 1.54. The summed E-state index contributed by atoms with van der Waals surface area (Å²) in [6.07, 6.45) is 0.580. The number of nitrogens with zero attached hydrogens (tertiary/aromatic N) is 2. The van der Waals surface area contributed by atoms with Crippen molar-refractivity contribution >= 4 is 29.1 Å². The van der Waals surface area contributed by atoms with Gasteiger partial charge in [0.2, 0.25) is 0 Å². The van der Waals surface area contributed by atoms with Gasteiger partial charge >= 0.3 is 5.97 Å². The molecule has 1 N–H and O–H groups in total. The van der Waals surface area contributed by atoms with Crippen LogP contribution in [0, 0.1) is 0 Å². The fourth-order valence-electron chi connectivity index (χ4n) is 1.69. The monoisotopic (exact) mass is 321 g/mol. The van der Waals surface area contributed by atoms with E-state index < -0.39 is 11.9 Å². The van der Waals surface area contributed by atoms with Gasteiger partial charge in [0.1, 0.15) is 5.75 Å². The molecule has 22 heavy (non-hydrogen) atoms. The number of aryl methyl sites for hydroxylation is 1. The highest BCUT2D eigenvalue weighted by molar-refractivity contribution is 7.07. The summed E-state index contributed by atoms with van der Waals surface area (Å²) in [6.45, 7) is 1.49. The second-order valence-electron chi connectivity index (χ2n) is 4.26. The Morgan fingerprint density at radius 3 is 2.91 bits per heavy atom. The van der Waals surface area contributed by atoms with Crippen molar-refractivity contribution in [2.24, 2.45) is 0 Å². The van der Waals surface area contributed by atoms with Gasteiger partial charge in [-0.2, -0.15) is 0 Å². The first-order chi connectivity index (χ1) is 10.6. The highest BCUT2D eigenvalue weighted by Gasteiger charge is 2.17. The first-order valence-electron chi connectivity index (χ1n) is 6.56. The number of carbonyl (C=O) groups is 2. The van der Waals surface area contributed by atoms with Crippen LogP contribution in [0.2, 0.25) is 0 Å². The second kappa shape index (κ2) is 7.51. The van der Waals surface area contributed by atoms with Crippen molar-refractivity contribution in [2.75, 3.05) is 19.0 Å². The molecule has 0 saturated carbocycles. The van der Waals surface area contributed by atoms with Gasteiger partial charge in [0.15, 0.2) is 11.5 Å². The molecule has 0 atom stereocenters.